The van der Waals surface area contributed by atoms with E-state index in [4.69, 9.17) is 9.72 Å². The lowest BCUT2D eigenvalue weighted by Gasteiger charge is -2.31. The summed E-state index contributed by atoms with van der Waals surface area (Å²) in [5.74, 6) is -1.10. The van der Waals surface area contributed by atoms with E-state index in [1.165, 1.54) is 6.07 Å². The third-order valence-corrected chi connectivity index (χ3v) is 7.38. The number of aromatic nitrogens is 2. The zero-order chi connectivity index (χ0) is 24.5. The van der Waals surface area contributed by atoms with Crippen molar-refractivity contribution < 1.29 is 19.0 Å². The molecule has 2 aromatic heterocycles. The first-order chi connectivity index (χ1) is 16.1. The molecular formula is C26H28FN3O4. The molecule has 0 unspecified atom stereocenters. The van der Waals surface area contributed by atoms with Crippen LogP contribution in [0.5, 0.6) is 0 Å². The van der Waals surface area contributed by atoms with Crippen molar-refractivity contribution in [3.8, 4) is 11.4 Å². The molecule has 7 nitrogen and oxygen atoms in total. The van der Waals surface area contributed by atoms with Crippen LogP contribution in [0.15, 0.2) is 23.0 Å². The van der Waals surface area contributed by atoms with Crippen LogP contribution in [0.3, 0.4) is 0 Å². The second kappa shape index (κ2) is 7.71. The second-order valence-corrected chi connectivity index (χ2v) is 9.65. The standard InChI is InChI=1S/C26H28FN3O4/c1-6-26(33)19-8-22-23-17(11-30(22)24(31)18(19)12-34-25(26)32)16(10-29(5)13(2)3)15-7-14(4)20(27)9-21(15)28-23/h7-9,13,33H,6,10-12H2,1-5H3/t26-/m0/s1. The van der Waals surface area contributed by atoms with Crippen molar-refractivity contribution in [3.05, 3.63) is 62.2 Å². The molecule has 1 N–H and O–H groups in total. The molecular weight excluding hydrogens is 437 g/mol. The number of halogens is 1. The van der Waals surface area contributed by atoms with Gasteiger partial charge in [-0.05, 0) is 57.5 Å². The van der Waals surface area contributed by atoms with Crippen molar-refractivity contribution >= 4 is 16.9 Å². The summed E-state index contributed by atoms with van der Waals surface area (Å²) in [7, 11) is 2.02. The Hall–Kier alpha value is -3.10. The summed E-state index contributed by atoms with van der Waals surface area (Å²) in [5.41, 5.74) is 2.42. The molecule has 0 spiro atoms. The highest BCUT2D eigenvalue weighted by molar-refractivity contribution is 5.89. The van der Waals surface area contributed by atoms with E-state index < -0.39 is 11.6 Å². The summed E-state index contributed by atoms with van der Waals surface area (Å²) in [6, 6.07) is 5.22. The van der Waals surface area contributed by atoms with E-state index in [1.807, 2.05) is 13.1 Å². The zero-order valence-electron chi connectivity index (χ0n) is 20.0. The third-order valence-electron chi connectivity index (χ3n) is 7.38. The number of fused-ring (bicyclic) bond motifs is 5. The molecule has 0 amide bonds. The number of pyridine rings is 2. The van der Waals surface area contributed by atoms with Gasteiger partial charge in [-0.2, -0.15) is 0 Å². The number of hydrogen-bond acceptors (Lipinski definition) is 6. The Morgan fingerprint density at radius 2 is 2.00 bits per heavy atom. The molecule has 0 saturated carbocycles. The number of hydrogen-bond donors (Lipinski definition) is 1. The first-order valence-electron chi connectivity index (χ1n) is 11.6. The highest BCUT2D eigenvalue weighted by Crippen LogP contribution is 2.40. The molecule has 0 aliphatic carbocycles. The maximum Gasteiger partial charge on any atom is 0.343 e. The first-order valence-corrected chi connectivity index (χ1v) is 11.6. The van der Waals surface area contributed by atoms with Crippen molar-refractivity contribution in [3.63, 3.8) is 0 Å². The molecule has 0 fully saturated rings. The van der Waals surface area contributed by atoms with Crippen LogP contribution in [0.1, 0.15) is 55.0 Å². The third kappa shape index (κ3) is 3.12. The van der Waals surface area contributed by atoms with Crippen LogP contribution < -0.4 is 5.56 Å². The van der Waals surface area contributed by atoms with Crippen molar-refractivity contribution in [2.45, 2.75) is 65.5 Å². The Kier molecular flexibility index (Phi) is 5.15. The number of nitrogens with zero attached hydrogens (tertiary/aromatic N) is 3. The Balaban J connectivity index is 1.81. The van der Waals surface area contributed by atoms with Gasteiger partial charge >= 0.3 is 5.97 Å². The summed E-state index contributed by atoms with van der Waals surface area (Å²) in [6.45, 7) is 8.35. The van der Waals surface area contributed by atoms with Gasteiger partial charge in [0.05, 0.1) is 29.0 Å². The van der Waals surface area contributed by atoms with Gasteiger partial charge in [0.15, 0.2) is 5.60 Å². The van der Waals surface area contributed by atoms with Crippen molar-refractivity contribution in [2.75, 3.05) is 7.05 Å². The van der Waals surface area contributed by atoms with Crippen LogP contribution in [0.2, 0.25) is 0 Å². The molecule has 2 aliphatic rings. The monoisotopic (exact) mass is 465 g/mol. The van der Waals surface area contributed by atoms with E-state index in [1.54, 1.807) is 24.5 Å². The van der Waals surface area contributed by atoms with Gasteiger partial charge in [-0.3, -0.25) is 9.69 Å². The Bertz CT molecular complexity index is 1430. The average molecular weight is 466 g/mol. The van der Waals surface area contributed by atoms with Crippen LogP contribution >= 0.6 is 0 Å². The number of benzene rings is 1. The van der Waals surface area contributed by atoms with Gasteiger partial charge in [-0.15, -0.1) is 0 Å². The Labute approximate surface area is 196 Å². The van der Waals surface area contributed by atoms with Crippen LogP contribution in [-0.2, 0) is 34.8 Å². The summed E-state index contributed by atoms with van der Waals surface area (Å²) < 4.78 is 21.3. The number of aryl methyl sites for hydroxylation is 1. The second-order valence-electron chi connectivity index (χ2n) is 9.65. The topological polar surface area (TPSA) is 84.7 Å². The van der Waals surface area contributed by atoms with Gasteiger partial charge in [0.25, 0.3) is 5.56 Å². The largest absolute Gasteiger partial charge is 0.458 e. The molecule has 1 atom stereocenters. The number of aliphatic hydroxyl groups is 1. The molecule has 34 heavy (non-hydrogen) atoms. The highest BCUT2D eigenvalue weighted by Gasteiger charge is 2.45. The quantitative estimate of drug-likeness (QED) is 0.465. The summed E-state index contributed by atoms with van der Waals surface area (Å²) >= 11 is 0. The summed E-state index contributed by atoms with van der Waals surface area (Å²) in [6.07, 6.45) is 0.0780. The molecule has 2 aliphatic heterocycles. The Morgan fingerprint density at radius 3 is 2.68 bits per heavy atom. The van der Waals surface area contributed by atoms with E-state index >= 15 is 0 Å². The highest BCUT2D eigenvalue weighted by atomic mass is 19.1. The maximum absolute atomic E-state index is 14.5. The fourth-order valence-electron chi connectivity index (χ4n) is 4.90. The van der Waals surface area contributed by atoms with E-state index in [-0.39, 0.29) is 41.6 Å². The van der Waals surface area contributed by atoms with Gasteiger partial charge in [-0.1, -0.05) is 6.92 Å². The minimum absolute atomic E-state index is 0.0780. The van der Waals surface area contributed by atoms with Crippen LogP contribution in [0, 0.1) is 12.7 Å². The SMILES string of the molecule is CC[C@@]1(O)C(=O)OCc2c1cc1n(c2=O)Cc2c-1nc1cc(F)c(C)cc1c2CN(C)C(C)C. The first kappa shape index (κ1) is 22.7. The van der Waals surface area contributed by atoms with E-state index in [0.717, 1.165) is 16.5 Å². The van der Waals surface area contributed by atoms with Gasteiger partial charge < -0.3 is 14.4 Å². The molecule has 0 bridgehead atoms. The molecule has 4 heterocycles. The van der Waals surface area contributed by atoms with Gasteiger partial charge in [0.1, 0.15) is 12.4 Å². The lowest BCUT2D eigenvalue weighted by atomic mass is 9.86. The molecule has 5 rings (SSSR count). The van der Waals surface area contributed by atoms with Crippen molar-refractivity contribution in [1.82, 2.24) is 14.5 Å². The van der Waals surface area contributed by atoms with E-state index in [9.17, 15) is 19.1 Å². The van der Waals surface area contributed by atoms with Gasteiger partial charge in [0, 0.05) is 35.2 Å². The minimum atomic E-state index is -1.88. The maximum atomic E-state index is 14.5. The number of carbonyl (C=O) groups excluding carboxylic acids is 1. The Morgan fingerprint density at radius 1 is 1.26 bits per heavy atom. The van der Waals surface area contributed by atoms with Crippen molar-refractivity contribution in [1.29, 1.82) is 0 Å². The zero-order valence-corrected chi connectivity index (χ0v) is 20.0. The predicted octanol–water partition coefficient (Wildman–Crippen LogP) is 3.37. The smallest absolute Gasteiger partial charge is 0.343 e. The number of esters is 1. The lowest BCUT2D eigenvalue weighted by molar-refractivity contribution is -0.172. The predicted molar refractivity (Wildman–Crippen MR) is 126 cm³/mol. The number of ether oxygens (including phenoxy) is 1. The number of carbonyl (C=O) groups is 1. The fourth-order valence-corrected chi connectivity index (χ4v) is 4.90. The number of cyclic esters (lactones) is 1. The van der Waals surface area contributed by atoms with E-state index in [2.05, 4.69) is 18.7 Å². The minimum Gasteiger partial charge on any atom is -0.458 e. The van der Waals surface area contributed by atoms with Crippen molar-refractivity contribution in [2.24, 2.45) is 0 Å². The normalized spacial score (nSPS) is 18.9. The average Bonchev–Trinajstić information content (AvgIpc) is 3.16. The summed E-state index contributed by atoms with van der Waals surface area (Å²) in [4.78, 5) is 32.9. The van der Waals surface area contributed by atoms with Crippen LogP contribution in [0.25, 0.3) is 22.3 Å². The van der Waals surface area contributed by atoms with Crippen LogP contribution in [-0.4, -0.2) is 38.6 Å². The summed E-state index contributed by atoms with van der Waals surface area (Å²) in [5, 5.41) is 11.9. The van der Waals surface area contributed by atoms with Crippen LogP contribution in [0.4, 0.5) is 4.39 Å². The molecule has 0 radical (unpaired) electrons. The molecule has 8 heteroatoms. The van der Waals surface area contributed by atoms with Gasteiger partial charge in [0.2, 0.25) is 0 Å². The molecule has 1 aromatic carbocycles. The lowest BCUT2D eigenvalue weighted by Crippen LogP contribution is -2.44. The van der Waals surface area contributed by atoms with Gasteiger partial charge in [-0.25, -0.2) is 14.2 Å². The molecule has 3 aromatic rings. The molecule has 0 saturated heterocycles. The fraction of sp³-hybridized carbons (Fsp3) is 0.423. The molecule has 178 valence electrons. The van der Waals surface area contributed by atoms with E-state index in [0.29, 0.717) is 35.6 Å². The number of rotatable bonds is 4.